The van der Waals surface area contributed by atoms with Crippen LogP contribution in [0.1, 0.15) is 29.2 Å². The van der Waals surface area contributed by atoms with Gasteiger partial charge >= 0.3 is 0 Å². The molecular formula is C23H23N3O6S2. The molecule has 1 saturated heterocycles. The molecule has 2 aliphatic heterocycles. The Morgan fingerprint density at radius 2 is 1.97 bits per heavy atom. The van der Waals surface area contributed by atoms with E-state index in [-0.39, 0.29) is 42.4 Å². The van der Waals surface area contributed by atoms with Crippen molar-refractivity contribution in [3.8, 4) is 11.5 Å². The first-order valence-corrected chi connectivity index (χ1v) is 13.1. The van der Waals surface area contributed by atoms with E-state index in [1.807, 2.05) is 17.5 Å². The first-order chi connectivity index (χ1) is 16.4. The Hall–Kier alpha value is -3.15. The van der Waals surface area contributed by atoms with E-state index in [4.69, 9.17) is 14.0 Å². The van der Waals surface area contributed by atoms with Gasteiger partial charge in [0, 0.05) is 35.6 Å². The second-order valence-electron chi connectivity index (χ2n) is 8.05. The summed E-state index contributed by atoms with van der Waals surface area (Å²) in [7, 11) is -3.82. The molecule has 0 atom stereocenters. The van der Waals surface area contributed by atoms with Gasteiger partial charge in [0.2, 0.25) is 22.7 Å². The van der Waals surface area contributed by atoms with Gasteiger partial charge in [0.25, 0.3) is 0 Å². The molecule has 178 valence electrons. The first kappa shape index (κ1) is 22.6. The molecule has 2 aliphatic rings. The number of amides is 1. The molecule has 0 unspecified atom stereocenters. The number of aryl methyl sites for hydroxylation is 1. The molecule has 5 rings (SSSR count). The quantitative estimate of drug-likeness (QED) is 0.544. The number of ether oxygens (including phenoxy) is 2. The van der Waals surface area contributed by atoms with E-state index in [0.717, 1.165) is 4.88 Å². The monoisotopic (exact) mass is 501 g/mol. The number of aromatic nitrogens is 1. The molecule has 4 heterocycles. The van der Waals surface area contributed by atoms with E-state index in [2.05, 4.69) is 10.5 Å². The van der Waals surface area contributed by atoms with Crippen LogP contribution in [-0.2, 0) is 14.8 Å². The van der Waals surface area contributed by atoms with Crippen LogP contribution in [0, 0.1) is 12.8 Å². The predicted molar refractivity (Wildman–Crippen MR) is 127 cm³/mol. The van der Waals surface area contributed by atoms with Gasteiger partial charge in [-0.25, -0.2) is 8.42 Å². The largest absolute Gasteiger partial charge is 0.454 e. The van der Waals surface area contributed by atoms with Gasteiger partial charge in [0.1, 0.15) is 5.69 Å². The number of hydrogen-bond donors (Lipinski definition) is 1. The van der Waals surface area contributed by atoms with Crippen LogP contribution in [0.25, 0.3) is 12.2 Å². The van der Waals surface area contributed by atoms with Gasteiger partial charge in [0.15, 0.2) is 22.2 Å². The maximum atomic E-state index is 13.4. The number of sulfonamides is 1. The predicted octanol–water partition coefficient (Wildman–Crippen LogP) is 3.98. The second kappa shape index (κ2) is 9.24. The van der Waals surface area contributed by atoms with Crippen molar-refractivity contribution in [3.63, 3.8) is 0 Å². The highest BCUT2D eigenvalue weighted by atomic mass is 32.2. The Bertz CT molecular complexity index is 1320. The number of carbonyl (C=O) groups is 1. The summed E-state index contributed by atoms with van der Waals surface area (Å²) in [5, 5.41) is 8.72. The van der Waals surface area contributed by atoms with Crippen molar-refractivity contribution in [2.75, 3.05) is 25.2 Å². The lowest BCUT2D eigenvalue weighted by molar-refractivity contribution is -0.120. The number of anilines is 1. The highest BCUT2D eigenvalue weighted by Gasteiger charge is 2.36. The standard InChI is InChI=1S/C23H23N3O6S2/c1-15-22(20(32-25-15)7-5-18-3-2-12-33-18)34(28,29)26-10-8-16(9-11-26)23(27)24-17-4-6-19-21(13-17)31-14-30-19/h2-7,12-13,16H,8-11,14H2,1H3,(H,24,27). The maximum Gasteiger partial charge on any atom is 0.248 e. The smallest absolute Gasteiger partial charge is 0.248 e. The Labute approximate surface area is 201 Å². The van der Waals surface area contributed by atoms with Gasteiger partial charge in [-0.1, -0.05) is 11.2 Å². The molecule has 9 nitrogen and oxygen atoms in total. The number of fused-ring (bicyclic) bond motifs is 1. The zero-order valence-corrected chi connectivity index (χ0v) is 20.0. The molecular weight excluding hydrogens is 478 g/mol. The molecule has 34 heavy (non-hydrogen) atoms. The van der Waals surface area contributed by atoms with Crippen LogP contribution in [0.15, 0.2) is 45.1 Å². The minimum atomic E-state index is -3.82. The second-order valence-corrected chi connectivity index (χ2v) is 10.9. The fraction of sp³-hybridized carbons (Fsp3) is 0.304. The molecule has 0 saturated carbocycles. The summed E-state index contributed by atoms with van der Waals surface area (Å²) in [4.78, 5) is 13.8. The number of nitrogens with one attached hydrogen (secondary N) is 1. The molecule has 0 aliphatic carbocycles. The Balaban J connectivity index is 1.25. The van der Waals surface area contributed by atoms with Gasteiger partial charge < -0.3 is 19.3 Å². The highest BCUT2D eigenvalue weighted by molar-refractivity contribution is 7.89. The Morgan fingerprint density at radius 3 is 2.74 bits per heavy atom. The van der Waals surface area contributed by atoms with Gasteiger partial charge in [-0.05, 0) is 55.5 Å². The third-order valence-electron chi connectivity index (χ3n) is 5.84. The normalized spacial score (nSPS) is 16.9. The summed E-state index contributed by atoms with van der Waals surface area (Å²) in [6, 6.07) is 9.07. The van der Waals surface area contributed by atoms with Crippen molar-refractivity contribution in [1.82, 2.24) is 9.46 Å². The molecule has 1 N–H and O–H groups in total. The van der Waals surface area contributed by atoms with Crippen molar-refractivity contribution in [2.45, 2.75) is 24.7 Å². The van der Waals surface area contributed by atoms with Crippen LogP contribution >= 0.6 is 11.3 Å². The van der Waals surface area contributed by atoms with Crippen LogP contribution in [-0.4, -0.2) is 43.7 Å². The van der Waals surface area contributed by atoms with Gasteiger partial charge in [0.05, 0.1) is 0 Å². The number of carbonyl (C=O) groups excluding carboxylic acids is 1. The summed E-state index contributed by atoms with van der Waals surface area (Å²) in [6.45, 7) is 2.25. The topological polar surface area (TPSA) is 111 Å². The van der Waals surface area contributed by atoms with Gasteiger partial charge in [-0.3, -0.25) is 4.79 Å². The van der Waals surface area contributed by atoms with Crippen molar-refractivity contribution in [2.24, 2.45) is 5.92 Å². The first-order valence-electron chi connectivity index (χ1n) is 10.8. The van der Waals surface area contributed by atoms with Crippen LogP contribution in [0.3, 0.4) is 0 Å². The molecule has 11 heteroatoms. The van der Waals surface area contributed by atoms with E-state index in [0.29, 0.717) is 35.7 Å². The molecule has 0 spiro atoms. The zero-order valence-electron chi connectivity index (χ0n) is 18.4. The summed E-state index contributed by atoms with van der Waals surface area (Å²) < 4.78 is 44.1. The summed E-state index contributed by atoms with van der Waals surface area (Å²) in [6.07, 6.45) is 4.27. The van der Waals surface area contributed by atoms with Gasteiger partial charge in [-0.2, -0.15) is 4.31 Å². The van der Waals surface area contributed by atoms with Crippen molar-refractivity contribution in [3.05, 3.63) is 52.0 Å². The molecule has 3 aromatic rings. The number of hydrogen-bond acceptors (Lipinski definition) is 8. The molecule has 1 fully saturated rings. The maximum absolute atomic E-state index is 13.4. The SMILES string of the molecule is Cc1noc(C=Cc2cccs2)c1S(=O)(=O)N1CCC(C(=O)Nc2ccc3c(c2)OCO3)CC1. The van der Waals surface area contributed by atoms with E-state index >= 15 is 0 Å². The fourth-order valence-corrected chi connectivity index (χ4v) is 6.39. The number of thiophene rings is 1. The van der Waals surface area contributed by atoms with Crippen molar-refractivity contribution in [1.29, 1.82) is 0 Å². The van der Waals surface area contributed by atoms with E-state index in [1.165, 1.54) is 15.6 Å². The van der Waals surface area contributed by atoms with E-state index in [9.17, 15) is 13.2 Å². The molecule has 1 amide bonds. The van der Waals surface area contributed by atoms with E-state index in [1.54, 1.807) is 37.3 Å². The minimum Gasteiger partial charge on any atom is -0.454 e. The highest BCUT2D eigenvalue weighted by Crippen LogP contribution is 2.35. The zero-order chi connectivity index (χ0) is 23.7. The third kappa shape index (κ3) is 4.46. The summed E-state index contributed by atoms with van der Waals surface area (Å²) in [5.41, 5.74) is 0.931. The molecule has 2 aromatic heterocycles. The average molecular weight is 502 g/mol. The van der Waals surface area contributed by atoms with Gasteiger partial charge in [-0.15, -0.1) is 11.3 Å². The van der Waals surface area contributed by atoms with Crippen molar-refractivity contribution >= 4 is 45.1 Å². The number of rotatable bonds is 6. The minimum absolute atomic E-state index is 0.0727. The van der Waals surface area contributed by atoms with Crippen LogP contribution < -0.4 is 14.8 Å². The van der Waals surface area contributed by atoms with Crippen molar-refractivity contribution < 1.29 is 27.2 Å². The lowest BCUT2D eigenvalue weighted by Crippen LogP contribution is -2.41. The van der Waals surface area contributed by atoms with E-state index < -0.39 is 10.0 Å². The van der Waals surface area contributed by atoms with Crippen LogP contribution in [0.4, 0.5) is 5.69 Å². The van der Waals surface area contributed by atoms with Crippen LogP contribution in [0.5, 0.6) is 11.5 Å². The number of piperidine rings is 1. The fourth-order valence-electron chi connectivity index (χ4n) is 4.05. The number of benzene rings is 1. The number of nitrogens with zero attached hydrogens (tertiary/aromatic N) is 2. The lowest BCUT2D eigenvalue weighted by atomic mass is 9.97. The molecule has 1 aromatic carbocycles. The lowest BCUT2D eigenvalue weighted by Gasteiger charge is -2.30. The molecule has 0 bridgehead atoms. The Kier molecular flexibility index (Phi) is 6.15. The van der Waals surface area contributed by atoms with Crippen LogP contribution in [0.2, 0.25) is 0 Å². The Morgan fingerprint density at radius 1 is 1.18 bits per heavy atom. The summed E-state index contributed by atoms with van der Waals surface area (Å²) >= 11 is 1.54. The summed E-state index contributed by atoms with van der Waals surface area (Å²) in [5.74, 6) is 1.00. The average Bonchev–Trinajstić information content (AvgIpc) is 3.58. The third-order valence-corrected chi connectivity index (χ3v) is 8.73. The molecule has 0 radical (unpaired) electrons.